The molecule has 3 aromatic rings. The highest BCUT2D eigenvalue weighted by Gasteiger charge is 2.12. The molecule has 0 aliphatic carbocycles. The third-order valence-corrected chi connectivity index (χ3v) is 4.07. The van der Waals surface area contributed by atoms with Gasteiger partial charge in [-0.1, -0.05) is 23.2 Å². The Kier molecular flexibility index (Phi) is 4.60. The Bertz CT molecular complexity index is 992. The molecule has 122 valence electrons. The molecule has 0 saturated heterocycles. The zero-order chi connectivity index (χ0) is 17.3. The number of carbonyl (C=O) groups excluding carboxylic acids is 1. The standard InChI is InChI=1S/C18H12Cl2O4/c1-10-6-18(22)24-17-8-12(3-5-13(10)17)23-9-16(21)14-4-2-11(19)7-15(14)20/h2-8H,9H2,1H3. The van der Waals surface area contributed by atoms with Crippen LogP contribution in [-0.2, 0) is 0 Å². The first-order valence-electron chi connectivity index (χ1n) is 7.09. The van der Waals surface area contributed by atoms with E-state index >= 15 is 0 Å². The van der Waals surface area contributed by atoms with E-state index in [9.17, 15) is 9.59 Å². The highest BCUT2D eigenvalue weighted by atomic mass is 35.5. The average molecular weight is 363 g/mol. The quantitative estimate of drug-likeness (QED) is 0.499. The van der Waals surface area contributed by atoms with Crippen molar-refractivity contribution >= 4 is 40.0 Å². The maximum absolute atomic E-state index is 12.2. The Morgan fingerprint density at radius 2 is 1.92 bits per heavy atom. The summed E-state index contributed by atoms with van der Waals surface area (Å²) in [6.45, 7) is 1.63. The van der Waals surface area contributed by atoms with Gasteiger partial charge in [0.05, 0.1) is 5.02 Å². The van der Waals surface area contributed by atoms with E-state index in [4.69, 9.17) is 32.4 Å². The Balaban J connectivity index is 1.80. The molecular formula is C18H12Cl2O4. The average Bonchev–Trinajstić information content (AvgIpc) is 2.52. The molecule has 2 aromatic carbocycles. The third-order valence-electron chi connectivity index (χ3n) is 3.52. The molecule has 3 rings (SSSR count). The zero-order valence-electron chi connectivity index (χ0n) is 12.6. The first-order valence-corrected chi connectivity index (χ1v) is 7.85. The molecule has 0 spiro atoms. The number of carbonyl (C=O) groups is 1. The van der Waals surface area contributed by atoms with Crippen LogP contribution in [0.15, 0.2) is 51.7 Å². The number of halogens is 2. The summed E-state index contributed by atoms with van der Waals surface area (Å²) in [7, 11) is 0. The summed E-state index contributed by atoms with van der Waals surface area (Å²) in [5, 5.41) is 1.54. The van der Waals surface area contributed by atoms with Crippen LogP contribution in [0.2, 0.25) is 10.0 Å². The summed E-state index contributed by atoms with van der Waals surface area (Å²) < 4.78 is 10.6. The van der Waals surface area contributed by atoms with Crippen molar-refractivity contribution in [2.75, 3.05) is 6.61 Å². The molecular weight excluding hydrogens is 351 g/mol. The summed E-state index contributed by atoms with van der Waals surface area (Å²) in [5.41, 5.74) is 1.14. The molecule has 0 aliphatic heterocycles. The molecule has 0 bridgehead atoms. The maximum atomic E-state index is 12.2. The number of fused-ring (bicyclic) bond motifs is 1. The van der Waals surface area contributed by atoms with E-state index in [1.807, 2.05) is 6.92 Å². The van der Waals surface area contributed by atoms with E-state index < -0.39 is 5.63 Å². The van der Waals surface area contributed by atoms with E-state index in [1.165, 1.54) is 12.1 Å². The van der Waals surface area contributed by atoms with Gasteiger partial charge in [-0.15, -0.1) is 0 Å². The highest BCUT2D eigenvalue weighted by Crippen LogP contribution is 2.24. The fourth-order valence-electron chi connectivity index (χ4n) is 2.34. The number of hydrogen-bond donors (Lipinski definition) is 0. The zero-order valence-corrected chi connectivity index (χ0v) is 14.1. The van der Waals surface area contributed by atoms with Gasteiger partial charge in [-0.25, -0.2) is 4.79 Å². The molecule has 0 atom stereocenters. The van der Waals surface area contributed by atoms with Crippen molar-refractivity contribution < 1.29 is 13.9 Å². The summed E-state index contributed by atoms with van der Waals surface area (Å²) in [4.78, 5) is 23.6. The van der Waals surface area contributed by atoms with Crippen molar-refractivity contribution in [3.63, 3.8) is 0 Å². The molecule has 0 saturated carbocycles. The fourth-order valence-corrected chi connectivity index (χ4v) is 2.85. The van der Waals surface area contributed by atoms with Crippen LogP contribution in [0.5, 0.6) is 5.75 Å². The van der Waals surface area contributed by atoms with E-state index in [1.54, 1.807) is 30.3 Å². The molecule has 6 heteroatoms. The lowest BCUT2D eigenvalue weighted by molar-refractivity contribution is 0.0921. The Labute approximate surface area is 147 Å². The molecule has 4 nitrogen and oxygen atoms in total. The van der Waals surface area contributed by atoms with Crippen LogP contribution in [0.4, 0.5) is 0 Å². The van der Waals surface area contributed by atoms with Crippen LogP contribution in [0.1, 0.15) is 15.9 Å². The Morgan fingerprint density at radius 3 is 2.67 bits per heavy atom. The SMILES string of the molecule is Cc1cc(=O)oc2cc(OCC(=O)c3ccc(Cl)cc3Cl)ccc12. The normalized spacial score (nSPS) is 10.8. The maximum Gasteiger partial charge on any atom is 0.336 e. The van der Waals surface area contributed by atoms with Crippen LogP contribution in [0, 0.1) is 6.92 Å². The number of benzene rings is 2. The minimum atomic E-state index is -0.429. The molecule has 24 heavy (non-hydrogen) atoms. The molecule has 0 fully saturated rings. The molecule has 0 aliphatic rings. The number of aryl methyl sites for hydroxylation is 1. The third kappa shape index (κ3) is 3.45. The Morgan fingerprint density at radius 1 is 1.12 bits per heavy atom. The van der Waals surface area contributed by atoms with Gasteiger partial charge >= 0.3 is 5.63 Å². The van der Waals surface area contributed by atoms with E-state index in [0.717, 1.165) is 10.9 Å². The number of ketones is 1. The Hall–Kier alpha value is -2.30. The minimum absolute atomic E-state index is 0.192. The van der Waals surface area contributed by atoms with Crippen molar-refractivity contribution in [1.82, 2.24) is 0 Å². The number of hydrogen-bond acceptors (Lipinski definition) is 4. The van der Waals surface area contributed by atoms with Gasteiger partial charge in [0, 0.05) is 28.1 Å². The smallest absolute Gasteiger partial charge is 0.336 e. The van der Waals surface area contributed by atoms with E-state index in [2.05, 4.69) is 0 Å². The first-order chi connectivity index (χ1) is 11.4. The predicted octanol–water partition coefficient (Wildman–Crippen LogP) is 4.67. The van der Waals surface area contributed by atoms with Crippen molar-refractivity contribution in [3.8, 4) is 5.75 Å². The van der Waals surface area contributed by atoms with Crippen molar-refractivity contribution in [3.05, 3.63) is 74.1 Å². The summed E-state index contributed by atoms with van der Waals surface area (Å²) in [5.74, 6) is 0.150. The number of rotatable bonds is 4. The number of Topliss-reactive ketones (excluding diaryl/α,β-unsaturated/α-hetero) is 1. The van der Waals surface area contributed by atoms with Gasteiger partial charge in [0.25, 0.3) is 0 Å². The van der Waals surface area contributed by atoms with E-state index in [-0.39, 0.29) is 17.4 Å². The van der Waals surface area contributed by atoms with Gasteiger partial charge in [-0.3, -0.25) is 4.79 Å². The lowest BCUT2D eigenvalue weighted by Gasteiger charge is -2.08. The number of ether oxygens (including phenoxy) is 1. The molecule has 0 N–H and O–H groups in total. The fraction of sp³-hybridized carbons (Fsp3) is 0.111. The molecule has 0 amide bonds. The van der Waals surface area contributed by atoms with Gasteiger partial charge < -0.3 is 9.15 Å². The monoisotopic (exact) mass is 362 g/mol. The predicted molar refractivity (Wildman–Crippen MR) is 93.5 cm³/mol. The first kappa shape index (κ1) is 16.6. The van der Waals surface area contributed by atoms with Crippen molar-refractivity contribution in [2.24, 2.45) is 0 Å². The van der Waals surface area contributed by atoms with Crippen molar-refractivity contribution in [1.29, 1.82) is 0 Å². The topological polar surface area (TPSA) is 56.5 Å². The molecule has 0 unspecified atom stereocenters. The van der Waals surface area contributed by atoms with Gasteiger partial charge in [0.1, 0.15) is 11.3 Å². The summed E-state index contributed by atoms with van der Waals surface area (Å²) in [6, 6.07) is 11.2. The second-order valence-corrected chi connectivity index (χ2v) is 6.09. The van der Waals surface area contributed by atoms with Crippen molar-refractivity contribution in [2.45, 2.75) is 6.92 Å². The second-order valence-electron chi connectivity index (χ2n) is 5.24. The van der Waals surface area contributed by atoms with Gasteiger partial charge in [-0.2, -0.15) is 0 Å². The highest BCUT2D eigenvalue weighted by molar-refractivity contribution is 6.36. The van der Waals surface area contributed by atoms with Crippen LogP contribution >= 0.6 is 23.2 Å². The summed E-state index contributed by atoms with van der Waals surface area (Å²) >= 11 is 11.8. The largest absolute Gasteiger partial charge is 0.485 e. The lowest BCUT2D eigenvalue weighted by Crippen LogP contribution is -2.12. The molecule has 1 heterocycles. The van der Waals surface area contributed by atoms with E-state index in [0.29, 0.717) is 21.9 Å². The van der Waals surface area contributed by atoms with Crippen LogP contribution < -0.4 is 10.4 Å². The van der Waals surface area contributed by atoms with Crippen LogP contribution in [-0.4, -0.2) is 12.4 Å². The van der Waals surface area contributed by atoms with Gasteiger partial charge in [0.2, 0.25) is 5.78 Å². The van der Waals surface area contributed by atoms with Gasteiger partial charge in [-0.05, 0) is 42.8 Å². The lowest BCUT2D eigenvalue weighted by atomic mass is 10.1. The second kappa shape index (κ2) is 6.67. The summed E-state index contributed by atoms with van der Waals surface area (Å²) in [6.07, 6.45) is 0. The van der Waals surface area contributed by atoms with Crippen LogP contribution in [0.25, 0.3) is 11.0 Å². The minimum Gasteiger partial charge on any atom is -0.485 e. The molecule has 0 radical (unpaired) electrons. The molecule has 1 aromatic heterocycles. The van der Waals surface area contributed by atoms with Gasteiger partial charge in [0.15, 0.2) is 6.61 Å². The van der Waals surface area contributed by atoms with Crippen LogP contribution in [0.3, 0.4) is 0 Å².